The molecule has 0 amide bonds. The van der Waals surface area contributed by atoms with Gasteiger partial charge in [-0.15, -0.1) is 0 Å². The summed E-state index contributed by atoms with van der Waals surface area (Å²) >= 11 is 0. The first-order valence-corrected chi connectivity index (χ1v) is 8.67. The van der Waals surface area contributed by atoms with E-state index in [2.05, 4.69) is 26.0 Å². The van der Waals surface area contributed by atoms with E-state index in [1.165, 1.54) is 11.1 Å². The zero-order valence-electron chi connectivity index (χ0n) is 15.4. The summed E-state index contributed by atoms with van der Waals surface area (Å²) in [7, 11) is 0. The van der Waals surface area contributed by atoms with Gasteiger partial charge in [0.1, 0.15) is 0 Å². The van der Waals surface area contributed by atoms with Crippen molar-refractivity contribution in [3.8, 4) is 0 Å². The fourth-order valence-electron chi connectivity index (χ4n) is 2.80. The van der Waals surface area contributed by atoms with Gasteiger partial charge in [-0.3, -0.25) is 0 Å². The molecule has 3 nitrogen and oxygen atoms in total. The predicted octanol–water partition coefficient (Wildman–Crippen LogP) is 4.04. The van der Waals surface area contributed by atoms with Crippen LogP contribution in [0.2, 0.25) is 0 Å². The van der Waals surface area contributed by atoms with Crippen molar-refractivity contribution in [2.24, 2.45) is 0 Å². The van der Waals surface area contributed by atoms with Crippen molar-refractivity contribution >= 4 is 0 Å². The second-order valence-corrected chi connectivity index (χ2v) is 7.76. The Labute approximate surface area is 141 Å². The minimum Gasteiger partial charge on any atom is -0.390 e. The Morgan fingerprint density at radius 1 is 1.09 bits per heavy atom. The van der Waals surface area contributed by atoms with Crippen LogP contribution in [-0.4, -0.2) is 32.6 Å². The van der Waals surface area contributed by atoms with Crippen molar-refractivity contribution in [2.75, 3.05) is 0 Å². The van der Waals surface area contributed by atoms with E-state index < -0.39 is 17.3 Å². The van der Waals surface area contributed by atoms with Crippen LogP contribution < -0.4 is 0 Å². The lowest BCUT2D eigenvalue weighted by atomic mass is 9.84. The zero-order valence-corrected chi connectivity index (χ0v) is 15.4. The second kappa shape index (κ2) is 8.27. The number of allylic oxidation sites excluding steroid dienone is 5. The Morgan fingerprint density at radius 2 is 1.74 bits per heavy atom. The first kappa shape index (κ1) is 20.1. The van der Waals surface area contributed by atoms with Crippen LogP contribution in [-0.2, 0) is 0 Å². The minimum absolute atomic E-state index is 0.430. The summed E-state index contributed by atoms with van der Waals surface area (Å²) in [5.41, 5.74) is 1.35. The lowest BCUT2D eigenvalue weighted by Gasteiger charge is -2.31. The molecular formula is C20H34O3. The van der Waals surface area contributed by atoms with Crippen molar-refractivity contribution in [3.63, 3.8) is 0 Å². The largest absolute Gasteiger partial charge is 0.390 e. The maximum atomic E-state index is 10.6. The molecule has 0 heterocycles. The molecule has 0 saturated heterocycles. The Hall–Kier alpha value is -0.900. The molecule has 0 bridgehead atoms. The van der Waals surface area contributed by atoms with Gasteiger partial charge in [0.15, 0.2) is 0 Å². The van der Waals surface area contributed by atoms with Gasteiger partial charge in [0.05, 0.1) is 17.3 Å². The number of rotatable bonds is 1. The smallest absolute Gasteiger partial charge is 0.0880 e. The van der Waals surface area contributed by atoms with E-state index >= 15 is 0 Å². The van der Waals surface area contributed by atoms with E-state index in [0.29, 0.717) is 19.3 Å². The molecule has 3 N–H and O–H groups in total. The molecule has 0 fully saturated rings. The number of aliphatic hydroxyl groups excluding tert-OH is 1. The summed E-state index contributed by atoms with van der Waals surface area (Å²) in [6.07, 6.45) is 9.82. The number of aliphatic hydroxyl groups is 3. The molecule has 0 aromatic carbocycles. The molecule has 0 aliphatic heterocycles. The molecule has 1 aliphatic rings. The van der Waals surface area contributed by atoms with Gasteiger partial charge in [0, 0.05) is 0 Å². The highest BCUT2D eigenvalue weighted by Gasteiger charge is 2.31. The highest BCUT2D eigenvalue weighted by Crippen LogP contribution is 2.29. The lowest BCUT2D eigenvalue weighted by molar-refractivity contribution is -0.0705. The number of hydrogen-bond donors (Lipinski definition) is 3. The average molecular weight is 322 g/mol. The van der Waals surface area contributed by atoms with Crippen LogP contribution >= 0.6 is 0 Å². The van der Waals surface area contributed by atoms with Crippen LogP contribution in [0.1, 0.15) is 73.1 Å². The third-order valence-corrected chi connectivity index (χ3v) is 4.82. The molecule has 23 heavy (non-hydrogen) atoms. The lowest BCUT2D eigenvalue weighted by Crippen LogP contribution is -2.40. The fraction of sp³-hybridized carbons (Fsp3) is 0.700. The zero-order chi connectivity index (χ0) is 17.7. The molecule has 1 rings (SSSR count). The van der Waals surface area contributed by atoms with E-state index in [1.54, 1.807) is 20.8 Å². The Balaban J connectivity index is 3.07. The van der Waals surface area contributed by atoms with E-state index in [-0.39, 0.29) is 0 Å². The van der Waals surface area contributed by atoms with Crippen LogP contribution in [0, 0.1) is 0 Å². The van der Waals surface area contributed by atoms with Gasteiger partial charge in [-0.05, 0) is 78.7 Å². The first-order valence-electron chi connectivity index (χ1n) is 8.67. The third kappa shape index (κ3) is 7.03. The van der Waals surface area contributed by atoms with Gasteiger partial charge in [-0.1, -0.05) is 29.4 Å². The average Bonchev–Trinajstić information content (AvgIpc) is 2.42. The number of hydrogen-bond acceptors (Lipinski definition) is 3. The van der Waals surface area contributed by atoms with Crippen molar-refractivity contribution in [1.29, 1.82) is 0 Å². The van der Waals surface area contributed by atoms with E-state index in [0.717, 1.165) is 24.8 Å². The molecule has 3 heteroatoms. The van der Waals surface area contributed by atoms with Crippen LogP contribution in [0.25, 0.3) is 0 Å². The maximum absolute atomic E-state index is 10.6. The van der Waals surface area contributed by atoms with Gasteiger partial charge in [-0.25, -0.2) is 0 Å². The summed E-state index contributed by atoms with van der Waals surface area (Å²) in [4.78, 5) is 0. The summed E-state index contributed by atoms with van der Waals surface area (Å²) in [5, 5.41) is 31.3. The van der Waals surface area contributed by atoms with Gasteiger partial charge < -0.3 is 15.3 Å². The maximum Gasteiger partial charge on any atom is 0.0880 e. The summed E-state index contributed by atoms with van der Waals surface area (Å²) < 4.78 is 0. The topological polar surface area (TPSA) is 60.7 Å². The van der Waals surface area contributed by atoms with Crippen molar-refractivity contribution in [3.05, 3.63) is 34.9 Å². The van der Waals surface area contributed by atoms with E-state index in [4.69, 9.17) is 0 Å². The second-order valence-electron chi connectivity index (χ2n) is 7.76. The molecule has 0 radical (unpaired) electrons. The Morgan fingerprint density at radius 3 is 2.35 bits per heavy atom. The molecule has 2 atom stereocenters. The molecule has 0 saturated carbocycles. The van der Waals surface area contributed by atoms with Crippen LogP contribution in [0.3, 0.4) is 0 Å². The van der Waals surface area contributed by atoms with Gasteiger partial charge in [-0.2, -0.15) is 0 Å². The van der Waals surface area contributed by atoms with Crippen molar-refractivity contribution < 1.29 is 15.3 Å². The quantitative estimate of drug-likeness (QED) is 0.638. The van der Waals surface area contributed by atoms with E-state index in [1.807, 2.05) is 6.08 Å². The van der Waals surface area contributed by atoms with Crippen molar-refractivity contribution in [2.45, 2.75) is 90.4 Å². The summed E-state index contributed by atoms with van der Waals surface area (Å²) in [5.74, 6) is 0. The van der Waals surface area contributed by atoms with Crippen LogP contribution in [0.15, 0.2) is 34.9 Å². The molecule has 1 aliphatic carbocycles. The predicted molar refractivity (Wildman–Crippen MR) is 96.2 cm³/mol. The van der Waals surface area contributed by atoms with Crippen molar-refractivity contribution in [1.82, 2.24) is 0 Å². The summed E-state index contributed by atoms with van der Waals surface area (Å²) in [6, 6.07) is 0. The minimum atomic E-state index is -1.15. The third-order valence-electron chi connectivity index (χ3n) is 4.82. The molecule has 0 aromatic rings. The highest BCUT2D eigenvalue weighted by atomic mass is 16.3. The van der Waals surface area contributed by atoms with Gasteiger partial charge >= 0.3 is 0 Å². The molecule has 0 spiro atoms. The Bertz CT molecular complexity index is 476. The molecule has 0 unspecified atom stereocenters. The standard InChI is InChI=1S/C20H34O3/c1-15-7-6-8-16(2)10-12-18(21)20(5,23)14-13-17(11-9-15)19(3,4)22/h8-9,11,18,21-23H,6-7,10,12-14H2,1-5H3/b15-9+,16-8+,17-11+/t18-,20+/m0/s1. The first-order chi connectivity index (χ1) is 10.5. The highest BCUT2D eigenvalue weighted by molar-refractivity contribution is 5.23. The fourth-order valence-corrected chi connectivity index (χ4v) is 2.80. The normalized spacial score (nSPS) is 36.0. The molecule has 132 valence electrons. The Kier molecular flexibility index (Phi) is 7.25. The SMILES string of the molecule is C/C1=C\C=C(\C(C)(C)O)CC[C@@](C)(O)[C@@H](O)CC/C(C)=C/CC1. The van der Waals surface area contributed by atoms with Gasteiger partial charge in [0.25, 0.3) is 0 Å². The monoisotopic (exact) mass is 322 g/mol. The van der Waals surface area contributed by atoms with Crippen LogP contribution in [0.4, 0.5) is 0 Å². The van der Waals surface area contributed by atoms with E-state index in [9.17, 15) is 15.3 Å². The molecular weight excluding hydrogens is 288 g/mol. The molecule has 0 aromatic heterocycles. The summed E-state index contributed by atoms with van der Waals surface area (Å²) in [6.45, 7) is 9.41. The van der Waals surface area contributed by atoms with Gasteiger partial charge in [0.2, 0.25) is 0 Å². The van der Waals surface area contributed by atoms with Crippen LogP contribution in [0.5, 0.6) is 0 Å².